The molecule has 1 aliphatic rings. The molecule has 12 heteroatoms. The van der Waals surface area contributed by atoms with Crippen molar-refractivity contribution in [1.29, 1.82) is 0 Å². The van der Waals surface area contributed by atoms with Crippen molar-refractivity contribution in [3.63, 3.8) is 0 Å². The maximum absolute atomic E-state index is 13.7. The smallest absolute Gasteiger partial charge is 0.200 e. The number of ketones is 1. The molecule has 1 unspecified atom stereocenters. The third-order valence-electron chi connectivity index (χ3n) is 11.9. The maximum atomic E-state index is 13.7. The van der Waals surface area contributed by atoms with Crippen molar-refractivity contribution in [1.82, 2.24) is 0 Å². The van der Waals surface area contributed by atoms with E-state index in [1.165, 1.54) is 24.3 Å². The number of ether oxygens (including phenoxy) is 4. The minimum Gasteiger partial charge on any atom is -0.510 e. The van der Waals surface area contributed by atoms with Gasteiger partial charge in [-0.2, -0.15) is 0 Å². The van der Waals surface area contributed by atoms with Gasteiger partial charge in [0.05, 0.1) is 43.1 Å². The number of hydrogen-bond acceptors (Lipinski definition) is 12. The highest BCUT2D eigenvalue weighted by Crippen LogP contribution is 2.52. The number of aliphatic hydroxyl groups is 1. The van der Waals surface area contributed by atoms with Crippen molar-refractivity contribution in [2.45, 2.75) is 136 Å². The standard InChI is InChI=1S/C56H72O12/c1-5-9-13-17-25-65-45-33-39(34-46(53(45)61)66-26-18-14-10-6-2)23-21-37-29-41(57)49(42(58)30-37)51-55(63)52(56(51)64)50-43(59)31-38(32-44(50)60)22-24-40-35-47(67-27-19-15-11-7-3)54(62)48(36-40)68-28-20-16-12-8-4/h21-24,29-36,51,57-63H,5-20,25-28H2,1-4H3/b23-21+,24-22+. The summed E-state index contributed by atoms with van der Waals surface area (Å²) in [6.45, 7) is 10.2. The Morgan fingerprint density at radius 3 is 1.00 bits per heavy atom. The first-order valence-electron chi connectivity index (χ1n) is 24.6. The zero-order valence-corrected chi connectivity index (χ0v) is 40.3. The molecule has 368 valence electrons. The number of allylic oxidation sites excluding steroid dienone is 2. The lowest BCUT2D eigenvalue weighted by Gasteiger charge is -2.30. The third kappa shape index (κ3) is 14.3. The summed E-state index contributed by atoms with van der Waals surface area (Å²) < 4.78 is 23.8. The second-order valence-electron chi connectivity index (χ2n) is 17.5. The van der Waals surface area contributed by atoms with E-state index < -0.39 is 40.5 Å². The second-order valence-corrected chi connectivity index (χ2v) is 17.5. The molecule has 0 heterocycles. The van der Waals surface area contributed by atoms with Gasteiger partial charge in [-0.15, -0.1) is 0 Å². The van der Waals surface area contributed by atoms with Crippen LogP contribution in [0.3, 0.4) is 0 Å². The average molecular weight is 937 g/mol. The van der Waals surface area contributed by atoms with Crippen LogP contribution in [-0.4, -0.2) is 68.0 Å². The number of phenolic OH excluding ortho intramolecular Hbond substituents is 6. The number of phenols is 6. The summed E-state index contributed by atoms with van der Waals surface area (Å²) in [5.74, 6) is -3.60. The summed E-state index contributed by atoms with van der Waals surface area (Å²) in [6, 6.07) is 12.1. The SMILES string of the molecule is CCCCCCOc1cc(/C=C/c2cc(O)c(C3=C(O)C(c4c(O)cc(/C=C/c5cc(OCCCCCC)c(O)c(OCCCCCC)c5)cc4O)C3=O)c(O)c2)cc(OCCCCCC)c1O. The highest BCUT2D eigenvalue weighted by molar-refractivity contribution is 6.33. The molecular weight excluding hydrogens is 865 g/mol. The van der Waals surface area contributed by atoms with E-state index in [1.54, 1.807) is 48.6 Å². The van der Waals surface area contributed by atoms with Crippen molar-refractivity contribution >= 4 is 35.7 Å². The first kappa shape index (κ1) is 52.5. The van der Waals surface area contributed by atoms with Crippen molar-refractivity contribution in [3.8, 4) is 57.5 Å². The van der Waals surface area contributed by atoms with Gasteiger partial charge in [0, 0.05) is 0 Å². The van der Waals surface area contributed by atoms with E-state index in [1.807, 2.05) is 0 Å². The molecule has 0 saturated carbocycles. The topological polar surface area (TPSA) is 196 Å². The second kappa shape index (κ2) is 26.8. The fourth-order valence-electron chi connectivity index (χ4n) is 8.07. The number of carbonyl (C=O) groups is 1. The predicted octanol–water partition coefficient (Wildman–Crippen LogP) is 13.7. The molecule has 0 aromatic heterocycles. The first-order chi connectivity index (χ1) is 32.9. The Morgan fingerprint density at radius 1 is 0.412 bits per heavy atom. The molecule has 4 aromatic carbocycles. The van der Waals surface area contributed by atoms with Gasteiger partial charge in [-0.1, -0.05) is 129 Å². The number of unbranched alkanes of at least 4 members (excludes halogenated alkanes) is 12. The molecule has 5 rings (SSSR count). The number of aliphatic hydroxyl groups excluding tert-OH is 1. The van der Waals surface area contributed by atoms with Crippen LogP contribution in [0, 0.1) is 0 Å². The third-order valence-corrected chi connectivity index (χ3v) is 11.9. The molecule has 0 aliphatic heterocycles. The minimum atomic E-state index is -1.45. The van der Waals surface area contributed by atoms with Gasteiger partial charge < -0.3 is 54.7 Å². The Balaban J connectivity index is 1.34. The molecule has 7 N–H and O–H groups in total. The summed E-state index contributed by atoms with van der Waals surface area (Å²) in [6.07, 6.45) is 22.8. The number of benzene rings is 4. The summed E-state index contributed by atoms with van der Waals surface area (Å²) in [4.78, 5) is 13.7. The Labute approximate surface area is 401 Å². The van der Waals surface area contributed by atoms with Gasteiger partial charge in [0.1, 0.15) is 34.7 Å². The fourth-order valence-corrected chi connectivity index (χ4v) is 8.07. The van der Waals surface area contributed by atoms with Crippen LogP contribution in [0.2, 0.25) is 0 Å². The Bertz CT molecular complexity index is 2260. The van der Waals surface area contributed by atoms with Crippen LogP contribution < -0.4 is 18.9 Å². The summed E-state index contributed by atoms with van der Waals surface area (Å²) in [7, 11) is 0. The molecule has 4 aromatic rings. The van der Waals surface area contributed by atoms with Gasteiger partial charge >= 0.3 is 0 Å². The van der Waals surface area contributed by atoms with Crippen molar-refractivity contribution < 1.29 is 59.5 Å². The van der Waals surface area contributed by atoms with E-state index in [4.69, 9.17) is 18.9 Å². The Morgan fingerprint density at radius 2 is 0.706 bits per heavy atom. The van der Waals surface area contributed by atoms with E-state index in [9.17, 15) is 40.5 Å². The zero-order valence-electron chi connectivity index (χ0n) is 40.3. The molecule has 12 nitrogen and oxygen atoms in total. The van der Waals surface area contributed by atoms with Crippen LogP contribution in [0.1, 0.15) is 170 Å². The lowest BCUT2D eigenvalue weighted by Crippen LogP contribution is -2.28. The Kier molecular flexibility index (Phi) is 20.7. The monoisotopic (exact) mass is 937 g/mol. The largest absolute Gasteiger partial charge is 0.510 e. The maximum Gasteiger partial charge on any atom is 0.200 e. The van der Waals surface area contributed by atoms with E-state index in [0.717, 1.165) is 103 Å². The van der Waals surface area contributed by atoms with Crippen LogP contribution >= 0.6 is 0 Å². The lowest BCUT2D eigenvalue weighted by atomic mass is 9.73. The fraction of sp³-hybridized carbons (Fsp3) is 0.446. The summed E-state index contributed by atoms with van der Waals surface area (Å²) in [5.41, 5.74) is 1.16. The summed E-state index contributed by atoms with van der Waals surface area (Å²) in [5, 5.41) is 77.8. The van der Waals surface area contributed by atoms with Crippen molar-refractivity contribution in [3.05, 3.63) is 87.7 Å². The minimum absolute atomic E-state index is 0.0777. The highest BCUT2D eigenvalue weighted by Gasteiger charge is 2.46. The highest BCUT2D eigenvalue weighted by atomic mass is 16.5. The van der Waals surface area contributed by atoms with Gasteiger partial charge in [-0.3, -0.25) is 4.79 Å². The molecule has 1 aliphatic carbocycles. The Hall–Kier alpha value is -6.43. The molecule has 0 radical (unpaired) electrons. The number of aromatic hydroxyl groups is 6. The molecule has 0 saturated heterocycles. The van der Waals surface area contributed by atoms with Gasteiger partial charge in [0.25, 0.3) is 0 Å². The van der Waals surface area contributed by atoms with E-state index in [2.05, 4.69) is 27.7 Å². The van der Waals surface area contributed by atoms with Crippen LogP contribution in [0.4, 0.5) is 0 Å². The van der Waals surface area contributed by atoms with Crippen molar-refractivity contribution in [2.24, 2.45) is 0 Å². The van der Waals surface area contributed by atoms with E-state index in [0.29, 0.717) is 48.7 Å². The normalized spacial score (nSPS) is 13.7. The van der Waals surface area contributed by atoms with E-state index in [-0.39, 0.29) is 51.2 Å². The molecule has 0 fully saturated rings. The number of rotatable bonds is 30. The van der Waals surface area contributed by atoms with Crippen LogP contribution in [-0.2, 0) is 4.79 Å². The first-order valence-corrected chi connectivity index (χ1v) is 24.6. The van der Waals surface area contributed by atoms with Gasteiger partial charge in [-0.25, -0.2) is 0 Å². The number of Topliss-reactive ketones (excluding diaryl/α,β-unsaturated/α-hetero) is 1. The van der Waals surface area contributed by atoms with Crippen LogP contribution in [0.5, 0.6) is 57.5 Å². The predicted molar refractivity (Wildman–Crippen MR) is 269 cm³/mol. The zero-order chi connectivity index (χ0) is 49.0. The van der Waals surface area contributed by atoms with E-state index >= 15 is 0 Å². The van der Waals surface area contributed by atoms with Crippen LogP contribution in [0.15, 0.2) is 54.3 Å². The van der Waals surface area contributed by atoms with Crippen LogP contribution in [0.25, 0.3) is 29.9 Å². The number of carbonyl (C=O) groups excluding carboxylic acids is 1. The lowest BCUT2D eigenvalue weighted by molar-refractivity contribution is -0.116. The van der Waals surface area contributed by atoms with Gasteiger partial charge in [0.2, 0.25) is 11.5 Å². The molecule has 0 amide bonds. The van der Waals surface area contributed by atoms with Gasteiger partial charge in [-0.05, 0) is 96.5 Å². The molecule has 0 bridgehead atoms. The summed E-state index contributed by atoms with van der Waals surface area (Å²) >= 11 is 0. The van der Waals surface area contributed by atoms with Crippen molar-refractivity contribution in [2.75, 3.05) is 26.4 Å². The molecule has 1 atom stereocenters. The molecule has 0 spiro atoms. The number of hydrogen-bond donors (Lipinski definition) is 7. The average Bonchev–Trinajstić information content (AvgIpc) is 3.31. The molecular formula is C56H72O12. The molecule has 68 heavy (non-hydrogen) atoms. The quantitative estimate of drug-likeness (QED) is 0.0193. The van der Waals surface area contributed by atoms with Gasteiger partial charge in [0.15, 0.2) is 28.8 Å².